The van der Waals surface area contributed by atoms with Gasteiger partial charge in [-0.25, -0.2) is 0 Å². The van der Waals surface area contributed by atoms with E-state index in [0.717, 1.165) is 11.4 Å². The molecule has 20 heavy (non-hydrogen) atoms. The summed E-state index contributed by atoms with van der Waals surface area (Å²) in [6.45, 7) is 0. The lowest BCUT2D eigenvalue weighted by Crippen LogP contribution is -2.09. The van der Waals surface area contributed by atoms with Gasteiger partial charge in [0.2, 0.25) is 0 Å². The summed E-state index contributed by atoms with van der Waals surface area (Å²) in [6, 6.07) is 16.7. The lowest BCUT2D eigenvalue weighted by atomic mass is 10.2. The number of ether oxygens (including phenoxy) is 1. The van der Waals surface area contributed by atoms with Gasteiger partial charge in [-0.3, -0.25) is 0 Å². The van der Waals surface area contributed by atoms with Crippen molar-refractivity contribution in [2.45, 2.75) is 0 Å². The fourth-order valence-electron chi connectivity index (χ4n) is 2.43. The highest BCUT2D eigenvalue weighted by Gasteiger charge is 2.06. The quantitative estimate of drug-likeness (QED) is 0.714. The van der Waals surface area contributed by atoms with E-state index in [1.54, 1.807) is 7.11 Å². The molecular formula is C17H18N2O. The summed E-state index contributed by atoms with van der Waals surface area (Å²) in [5, 5.41) is 1.25. The Morgan fingerprint density at radius 3 is 2.35 bits per heavy atom. The van der Waals surface area contributed by atoms with Gasteiger partial charge < -0.3 is 14.2 Å². The summed E-state index contributed by atoms with van der Waals surface area (Å²) in [4.78, 5) is 2.17. The van der Waals surface area contributed by atoms with Crippen molar-refractivity contribution < 1.29 is 4.74 Å². The van der Waals surface area contributed by atoms with Gasteiger partial charge in [-0.05, 0) is 48.5 Å². The number of methoxy groups -OCH3 is 1. The average Bonchev–Trinajstić information content (AvgIpc) is 2.87. The lowest BCUT2D eigenvalue weighted by Gasteiger charge is -2.20. The van der Waals surface area contributed by atoms with E-state index >= 15 is 0 Å². The monoisotopic (exact) mass is 266 g/mol. The van der Waals surface area contributed by atoms with Crippen molar-refractivity contribution in [3.8, 4) is 5.75 Å². The largest absolute Gasteiger partial charge is 0.497 e. The molecule has 0 radical (unpaired) electrons. The van der Waals surface area contributed by atoms with Crippen LogP contribution in [0, 0.1) is 0 Å². The molecule has 0 N–H and O–H groups in total. The van der Waals surface area contributed by atoms with Crippen molar-refractivity contribution in [1.29, 1.82) is 0 Å². The van der Waals surface area contributed by atoms with Crippen molar-refractivity contribution in [3.05, 3.63) is 54.7 Å². The standard InChI is InChI=1S/C17H18N2O/c1-18-11-10-13-12-15(6-9-17(13)18)19(2)14-4-7-16(20-3)8-5-14/h4-12H,1-3H3. The fraction of sp³-hybridized carbons (Fsp3) is 0.176. The molecule has 0 fully saturated rings. The van der Waals surface area contributed by atoms with E-state index in [-0.39, 0.29) is 0 Å². The molecule has 1 aromatic heterocycles. The Kier molecular flexibility index (Phi) is 3.11. The Morgan fingerprint density at radius 1 is 0.950 bits per heavy atom. The molecule has 0 spiro atoms. The minimum Gasteiger partial charge on any atom is -0.497 e. The van der Waals surface area contributed by atoms with Crippen LogP contribution in [0.15, 0.2) is 54.7 Å². The van der Waals surface area contributed by atoms with Crippen LogP contribution < -0.4 is 9.64 Å². The number of aromatic nitrogens is 1. The first-order valence-electron chi connectivity index (χ1n) is 6.62. The fourth-order valence-corrected chi connectivity index (χ4v) is 2.43. The number of anilines is 2. The van der Waals surface area contributed by atoms with E-state index in [0.29, 0.717) is 0 Å². The van der Waals surface area contributed by atoms with Crippen LogP contribution in [-0.2, 0) is 7.05 Å². The van der Waals surface area contributed by atoms with E-state index in [9.17, 15) is 0 Å². The maximum Gasteiger partial charge on any atom is 0.119 e. The Morgan fingerprint density at radius 2 is 1.65 bits per heavy atom. The third-order valence-corrected chi connectivity index (χ3v) is 3.72. The predicted molar refractivity (Wildman–Crippen MR) is 84.0 cm³/mol. The number of aryl methyl sites for hydroxylation is 1. The summed E-state index contributed by atoms with van der Waals surface area (Å²) < 4.78 is 7.33. The van der Waals surface area contributed by atoms with Crippen LogP contribution in [0.5, 0.6) is 5.75 Å². The normalized spacial score (nSPS) is 10.8. The third kappa shape index (κ3) is 2.11. The lowest BCUT2D eigenvalue weighted by molar-refractivity contribution is 0.415. The first-order chi connectivity index (χ1) is 9.69. The zero-order chi connectivity index (χ0) is 14.1. The molecular weight excluding hydrogens is 248 g/mol. The van der Waals surface area contributed by atoms with Gasteiger partial charge in [0.1, 0.15) is 5.75 Å². The van der Waals surface area contributed by atoms with Crippen LogP contribution in [0.25, 0.3) is 10.9 Å². The Balaban J connectivity index is 1.96. The smallest absolute Gasteiger partial charge is 0.119 e. The van der Waals surface area contributed by atoms with Crippen LogP contribution in [-0.4, -0.2) is 18.7 Å². The van der Waals surface area contributed by atoms with Gasteiger partial charge in [0.15, 0.2) is 0 Å². The molecule has 0 bridgehead atoms. The molecule has 3 aromatic rings. The summed E-state index contributed by atoms with van der Waals surface area (Å²) in [7, 11) is 5.82. The van der Waals surface area contributed by atoms with E-state index in [4.69, 9.17) is 4.74 Å². The molecule has 0 amide bonds. The van der Waals surface area contributed by atoms with Gasteiger partial charge >= 0.3 is 0 Å². The molecule has 1 heterocycles. The maximum atomic E-state index is 5.19. The minimum absolute atomic E-state index is 0.876. The number of benzene rings is 2. The van der Waals surface area contributed by atoms with Gasteiger partial charge in [0.05, 0.1) is 7.11 Å². The summed E-state index contributed by atoms with van der Waals surface area (Å²) in [6.07, 6.45) is 2.09. The van der Waals surface area contributed by atoms with Crippen LogP contribution in [0.3, 0.4) is 0 Å². The van der Waals surface area contributed by atoms with Gasteiger partial charge in [-0.15, -0.1) is 0 Å². The van der Waals surface area contributed by atoms with Crippen molar-refractivity contribution in [2.24, 2.45) is 7.05 Å². The second-order valence-electron chi connectivity index (χ2n) is 4.93. The van der Waals surface area contributed by atoms with Crippen LogP contribution in [0.1, 0.15) is 0 Å². The SMILES string of the molecule is COc1ccc(N(C)c2ccc3c(ccn3C)c2)cc1. The van der Waals surface area contributed by atoms with Gasteiger partial charge in [0.25, 0.3) is 0 Å². The summed E-state index contributed by atoms with van der Waals surface area (Å²) in [5.74, 6) is 0.876. The maximum absolute atomic E-state index is 5.19. The predicted octanol–water partition coefficient (Wildman–Crippen LogP) is 3.95. The Bertz CT molecular complexity index is 728. The van der Waals surface area contributed by atoms with E-state index in [1.807, 2.05) is 12.1 Å². The third-order valence-electron chi connectivity index (χ3n) is 3.72. The second kappa shape index (κ2) is 4.93. The van der Waals surface area contributed by atoms with E-state index in [2.05, 4.69) is 66.2 Å². The molecule has 0 saturated carbocycles. The van der Waals surface area contributed by atoms with Gasteiger partial charge in [-0.1, -0.05) is 0 Å². The van der Waals surface area contributed by atoms with Gasteiger partial charge in [-0.2, -0.15) is 0 Å². The molecule has 2 aromatic carbocycles. The Labute approximate surface area is 119 Å². The molecule has 0 aliphatic rings. The van der Waals surface area contributed by atoms with Gasteiger partial charge in [0, 0.05) is 42.6 Å². The van der Waals surface area contributed by atoms with Crippen molar-refractivity contribution >= 4 is 22.3 Å². The molecule has 0 saturated heterocycles. The second-order valence-corrected chi connectivity index (χ2v) is 4.93. The molecule has 3 nitrogen and oxygen atoms in total. The molecule has 0 aliphatic carbocycles. The van der Waals surface area contributed by atoms with Crippen molar-refractivity contribution in [1.82, 2.24) is 4.57 Å². The molecule has 102 valence electrons. The number of hydrogen-bond acceptors (Lipinski definition) is 2. The van der Waals surface area contributed by atoms with Crippen molar-refractivity contribution in [3.63, 3.8) is 0 Å². The highest BCUT2D eigenvalue weighted by atomic mass is 16.5. The summed E-state index contributed by atoms with van der Waals surface area (Å²) >= 11 is 0. The van der Waals surface area contributed by atoms with E-state index < -0.39 is 0 Å². The van der Waals surface area contributed by atoms with Crippen molar-refractivity contribution in [2.75, 3.05) is 19.1 Å². The van der Waals surface area contributed by atoms with Crippen LogP contribution >= 0.6 is 0 Å². The Hall–Kier alpha value is -2.42. The number of fused-ring (bicyclic) bond motifs is 1. The molecule has 0 aliphatic heterocycles. The number of nitrogens with zero attached hydrogens (tertiary/aromatic N) is 2. The minimum atomic E-state index is 0.876. The first kappa shape index (κ1) is 12.6. The molecule has 3 heteroatoms. The number of hydrogen-bond donors (Lipinski definition) is 0. The molecule has 3 rings (SSSR count). The summed E-state index contributed by atoms with van der Waals surface area (Å²) in [5.41, 5.74) is 3.56. The molecule has 0 unspecified atom stereocenters. The highest BCUT2D eigenvalue weighted by molar-refractivity contribution is 5.85. The van der Waals surface area contributed by atoms with Crippen LogP contribution in [0.4, 0.5) is 11.4 Å². The zero-order valence-electron chi connectivity index (χ0n) is 12.0. The zero-order valence-corrected chi connectivity index (χ0v) is 12.0. The number of rotatable bonds is 3. The molecule has 0 atom stereocenters. The topological polar surface area (TPSA) is 17.4 Å². The van der Waals surface area contributed by atoms with E-state index in [1.165, 1.54) is 16.6 Å². The average molecular weight is 266 g/mol. The highest BCUT2D eigenvalue weighted by Crippen LogP contribution is 2.28. The first-order valence-corrected chi connectivity index (χ1v) is 6.62. The van der Waals surface area contributed by atoms with Crippen LogP contribution in [0.2, 0.25) is 0 Å².